The van der Waals surface area contributed by atoms with Gasteiger partial charge in [-0.15, -0.1) is 0 Å². The maximum atomic E-state index is 13.0. The zero-order valence-electron chi connectivity index (χ0n) is 19.3. The van der Waals surface area contributed by atoms with Crippen LogP contribution < -0.4 is 10.2 Å². The van der Waals surface area contributed by atoms with Crippen LogP contribution in [0.1, 0.15) is 16.2 Å². The van der Waals surface area contributed by atoms with E-state index in [0.29, 0.717) is 11.4 Å². The lowest BCUT2D eigenvalue weighted by Gasteiger charge is -2.28. The van der Waals surface area contributed by atoms with E-state index in [0.717, 1.165) is 66.3 Å². The molecule has 0 atom stereocenters. The number of nitrogens with zero attached hydrogens (tertiary/aromatic N) is 5. The van der Waals surface area contributed by atoms with Crippen molar-refractivity contribution in [2.75, 3.05) is 50.6 Å². The van der Waals surface area contributed by atoms with Gasteiger partial charge in [-0.3, -0.25) is 19.9 Å². The summed E-state index contributed by atoms with van der Waals surface area (Å²) in [7, 11) is 3.98. The van der Waals surface area contributed by atoms with Gasteiger partial charge in [-0.1, -0.05) is 6.07 Å². The first kappa shape index (κ1) is 22.0. The molecule has 1 aromatic carbocycles. The van der Waals surface area contributed by atoms with Crippen LogP contribution in [0.4, 0.5) is 11.4 Å². The molecule has 0 aliphatic carbocycles. The SMILES string of the molecule is CN(C)Cc1ccc(NC(=O)c2n[nH]c3ccc(-c4cncc(N5CCOCC5)c4)cc23)cn1. The third-order valence-electron chi connectivity index (χ3n) is 5.77. The first-order valence-electron chi connectivity index (χ1n) is 11.2. The summed E-state index contributed by atoms with van der Waals surface area (Å²) in [6.07, 6.45) is 5.38. The molecule has 1 saturated heterocycles. The highest BCUT2D eigenvalue weighted by Crippen LogP contribution is 2.28. The van der Waals surface area contributed by atoms with Gasteiger partial charge < -0.3 is 19.9 Å². The van der Waals surface area contributed by atoms with E-state index in [1.807, 2.05) is 61.7 Å². The fourth-order valence-corrected chi connectivity index (χ4v) is 4.05. The summed E-state index contributed by atoms with van der Waals surface area (Å²) in [5.74, 6) is -0.286. The van der Waals surface area contributed by atoms with E-state index in [1.54, 1.807) is 6.20 Å². The summed E-state index contributed by atoms with van der Waals surface area (Å²) in [5.41, 5.74) is 5.72. The second-order valence-electron chi connectivity index (χ2n) is 8.59. The molecule has 4 aromatic rings. The highest BCUT2D eigenvalue weighted by molar-refractivity contribution is 6.11. The van der Waals surface area contributed by atoms with Crippen molar-refractivity contribution in [1.82, 2.24) is 25.1 Å². The number of nitrogens with one attached hydrogen (secondary N) is 2. The molecule has 1 amide bonds. The Morgan fingerprint density at radius 2 is 1.94 bits per heavy atom. The Kier molecular flexibility index (Phi) is 6.20. The van der Waals surface area contributed by atoms with Gasteiger partial charge in [0.15, 0.2) is 5.69 Å². The molecule has 174 valence electrons. The van der Waals surface area contributed by atoms with E-state index in [-0.39, 0.29) is 5.91 Å². The highest BCUT2D eigenvalue weighted by atomic mass is 16.5. The first-order valence-corrected chi connectivity index (χ1v) is 11.2. The Bertz CT molecular complexity index is 1290. The number of ether oxygens (including phenoxy) is 1. The van der Waals surface area contributed by atoms with Gasteiger partial charge in [-0.2, -0.15) is 5.10 Å². The Labute approximate surface area is 197 Å². The second-order valence-corrected chi connectivity index (χ2v) is 8.59. The molecule has 1 aliphatic rings. The van der Waals surface area contributed by atoms with Crippen LogP contribution >= 0.6 is 0 Å². The van der Waals surface area contributed by atoms with E-state index in [9.17, 15) is 4.79 Å². The smallest absolute Gasteiger partial charge is 0.276 e. The summed E-state index contributed by atoms with van der Waals surface area (Å²) >= 11 is 0. The van der Waals surface area contributed by atoms with Crippen LogP contribution in [0.15, 0.2) is 55.0 Å². The average Bonchev–Trinajstić information content (AvgIpc) is 3.29. The van der Waals surface area contributed by atoms with Crippen LogP contribution in [-0.2, 0) is 11.3 Å². The normalized spacial score (nSPS) is 14.0. The van der Waals surface area contributed by atoms with Gasteiger partial charge >= 0.3 is 0 Å². The number of carbonyl (C=O) groups excluding carboxylic acids is 1. The lowest BCUT2D eigenvalue weighted by Crippen LogP contribution is -2.36. The van der Waals surface area contributed by atoms with Crippen molar-refractivity contribution >= 4 is 28.2 Å². The molecule has 9 heteroatoms. The molecule has 0 spiro atoms. The van der Waals surface area contributed by atoms with Crippen molar-refractivity contribution < 1.29 is 9.53 Å². The summed E-state index contributed by atoms with van der Waals surface area (Å²) in [6.45, 7) is 3.88. The molecule has 9 nitrogen and oxygen atoms in total. The Hall–Kier alpha value is -3.82. The predicted octanol–water partition coefficient (Wildman–Crippen LogP) is 3.17. The van der Waals surface area contributed by atoms with Crippen molar-refractivity contribution in [2.24, 2.45) is 0 Å². The molecule has 0 bridgehead atoms. The quantitative estimate of drug-likeness (QED) is 0.459. The van der Waals surface area contributed by atoms with Crippen molar-refractivity contribution in [3.63, 3.8) is 0 Å². The van der Waals surface area contributed by atoms with Gasteiger partial charge in [-0.25, -0.2) is 0 Å². The van der Waals surface area contributed by atoms with Crippen molar-refractivity contribution in [1.29, 1.82) is 0 Å². The zero-order valence-corrected chi connectivity index (χ0v) is 19.3. The van der Waals surface area contributed by atoms with Crippen LogP contribution in [0.3, 0.4) is 0 Å². The molecule has 3 aromatic heterocycles. The third-order valence-corrected chi connectivity index (χ3v) is 5.77. The lowest BCUT2D eigenvalue weighted by atomic mass is 10.0. The Balaban J connectivity index is 1.38. The van der Waals surface area contributed by atoms with Gasteiger partial charge in [0.25, 0.3) is 5.91 Å². The number of carbonyl (C=O) groups is 1. The molecule has 1 aliphatic heterocycles. The predicted molar refractivity (Wildman–Crippen MR) is 132 cm³/mol. The van der Waals surface area contributed by atoms with Crippen LogP contribution in [0.5, 0.6) is 0 Å². The first-order chi connectivity index (χ1) is 16.6. The van der Waals surface area contributed by atoms with Crippen LogP contribution in [0, 0.1) is 0 Å². The van der Waals surface area contributed by atoms with Crippen LogP contribution in [-0.4, -0.2) is 71.4 Å². The minimum atomic E-state index is -0.286. The van der Waals surface area contributed by atoms with Gasteiger partial charge in [0.1, 0.15) is 0 Å². The van der Waals surface area contributed by atoms with E-state index >= 15 is 0 Å². The van der Waals surface area contributed by atoms with E-state index in [4.69, 9.17) is 4.74 Å². The minimum Gasteiger partial charge on any atom is -0.378 e. The average molecular weight is 458 g/mol. The van der Waals surface area contributed by atoms with Gasteiger partial charge in [0.05, 0.1) is 48.2 Å². The number of benzene rings is 1. The number of hydrogen-bond donors (Lipinski definition) is 2. The van der Waals surface area contributed by atoms with Gasteiger partial charge in [0, 0.05) is 36.8 Å². The number of amides is 1. The number of morpholine rings is 1. The molecule has 2 N–H and O–H groups in total. The summed E-state index contributed by atoms with van der Waals surface area (Å²) in [4.78, 5) is 26.2. The molecular weight excluding hydrogens is 430 g/mol. The lowest BCUT2D eigenvalue weighted by molar-refractivity contribution is 0.102. The maximum absolute atomic E-state index is 13.0. The van der Waals surface area contributed by atoms with Gasteiger partial charge in [-0.05, 0) is 50.0 Å². The van der Waals surface area contributed by atoms with Crippen molar-refractivity contribution in [3.05, 3.63) is 66.4 Å². The number of rotatable bonds is 6. The minimum absolute atomic E-state index is 0.286. The number of pyridine rings is 2. The molecule has 1 fully saturated rings. The molecule has 5 rings (SSSR count). The fourth-order valence-electron chi connectivity index (χ4n) is 4.05. The summed E-state index contributed by atoms with van der Waals surface area (Å²) < 4.78 is 5.46. The number of fused-ring (bicyclic) bond motifs is 1. The largest absolute Gasteiger partial charge is 0.378 e. The monoisotopic (exact) mass is 457 g/mol. The fraction of sp³-hybridized carbons (Fsp3) is 0.280. The van der Waals surface area contributed by atoms with Crippen molar-refractivity contribution in [2.45, 2.75) is 6.54 Å². The second kappa shape index (κ2) is 9.58. The Morgan fingerprint density at radius 3 is 2.71 bits per heavy atom. The topological polar surface area (TPSA) is 99.3 Å². The molecule has 34 heavy (non-hydrogen) atoms. The van der Waals surface area contributed by atoms with Gasteiger partial charge in [0.2, 0.25) is 0 Å². The number of H-pyrrole nitrogens is 1. The number of aromatic amines is 1. The number of anilines is 2. The summed E-state index contributed by atoms with van der Waals surface area (Å²) in [5, 5.41) is 10.9. The molecule has 0 radical (unpaired) electrons. The standard InChI is InChI=1S/C25H27N7O2/c1-31(2)16-20-5-4-19(14-27-20)28-25(33)24-22-12-17(3-6-23(22)29-30-24)18-11-21(15-26-13-18)32-7-9-34-10-8-32/h3-6,11-15H,7-10,16H2,1-2H3,(H,28,33)(H,29,30). The van der Waals surface area contributed by atoms with Crippen molar-refractivity contribution in [3.8, 4) is 11.1 Å². The van der Waals surface area contributed by atoms with E-state index in [2.05, 4.69) is 36.4 Å². The van der Waals surface area contributed by atoms with Crippen LogP contribution in [0.25, 0.3) is 22.0 Å². The molecule has 0 saturated carbocycles. The number of hydrogen-bond acceptors (Lipinski definition) is 7. The summed E-state index contributed by atoms with van der Waals surface area (Å²) in [6, 6.07) is 11.8. The zero-order chi connectivity index (χ0) is 23.5. The van der Waals surface area contributed by atoms with Crippen LogP contribution in [0.2, 0.25) is 0 Å². The third kappa shape index (κ3) is 4.75. The molecule has 4 heterocycles. The Morgan fingerprint density at radius 1 is 1.09 bits per heavy atom. The van der Waals surface area contributed by atoms with E-state index < -0.39 is 0 Å². The molecule has 0 unspecified atom stereocenters. The molecular formula is C25H27N7O2. The van der Waals surface area contributed by atoms with E-state index in [1.165, 1.54) is 0 Å². The maximum Gasteiger partial charge on any atom is 0.276 e. The highest BCUT2D eigenvalue weighted by Gasteiger charge is 2.17. The number of aromatic nitrogens is 4.